The summed E-state index contributed by atoms with van der Waals surface area (Å²) in [5.74, 6) is 1.20. The molecule has 1 amide bonds. The van der Waals surface area contributed by atoms with Crippen LogP contribution in [0.25, 0.3) is 0 Å². The molecule has 0 heterocycles. The highest BCUT2D eigenvalue weighted by atomic mass is 32.2. The average molecular weight is 423 g/mol. The summed E-state index contributed by atoms with van der Waals surface area (Å²) >= 11 is 1.66. The highest BCUT2D eigenvalue weighted by Gasteiger charge is 2.20. The lowest BCUT2D eigenvalue weighted by molar-refractivity contribution is -0.122. The van der Waals surface area contributed by atoms with Crippen molar-refractivity contribution in [2.45, 2.75) is 31.3 Å². The Labute approximate surface area is 171 Å². The molecule has 0 aromatic heterocycles. The number of ether oxygens (including phenoxy) is 1. The minimum Gasteiger partial charge on any atom is -0.481 e. The number of para-hydroxylation sites is 1. The van der Waals surface area contributed by atoms with Crippen LogP contribution < -0.4 is 14.4 Å². The monoisotopic (exact) mass is 422 g/mol. The summed E-state index contributed by atoms with van der Waals surface area (Å²) in [5, 5.41) is 2.94. The maximum Gasteiger partial charge on any atom is 0.265 e. The number of nitrogens with zero attached hydrogens (tertiary/aromatic N) is 1. The van der Waals surface area contributed by atoms with E-state index in [1.807, 2.05) is 31.2 Å². The van der Waals surface area contributed by atoms with Gasteiger partial charge in [-0.25, -0.2) is 8.42 Å². The standard InChI is InChI=1S/C20H26N2O4S2/c1-5-18(20(23)21-17-9-7-8-10-19(17)27-6-2)26-16-13-11-15(12-14-16)22(3)28(4,24)25/h7-14,18H,5-6H2,1-4H3,(H,21,23). The first kappa shape index (κ1) is 22.1. The molecule has 2 aromatic carbocycles. The molecule has 6 nitrogen and oxygen atoms in total. The van der Waals surface area contributed by atoms with Gasteiger partial charge in [0.2, 0.25) is 10.0 Å². The van der Waals surface area contributed by atoms with Crippen molar-refractivity contribution in [2.24, 2.45) is 0 Å². The summed E-state index contributed by atoms with van der Waals surface area (Å²) in [5.41, 5.74) is 1.30. The topological polar surface area (TPSA) is 75.7 Å². The predicted octanol–water partition coefficient (Wildman–Crippen LogP) is 3.99. The average Bonchev–Trinajstić information content (AvgIpc) is 2.67. The number of carbonyl (C=O) groups is 1. The lowest BCUT2D eigenvalue weighted by Crippen LogP contribution is -2.32. The molecular weight excluding hydrogens is 396 g/mol. The SMILES string of the molecule is CCSc1ccccc1NC(=O)C(CC)Oc1ccc(N(C)S(C)(=O)=O)cc1. The van der Waals surface area contributed by atoms with Crippen molar-refractivity contribution in [1.82, 2.24) is 0 Å². The Bertz CT molecular complexity index is 899. The minimum absolute atomic E-state index is 0.219. The molecule has 1 N–H and O–H groups in total. The fourth-order valence-electron chi connectivity index (χ4n) is 2.48. The number of rotatable bonds is 9. The second-order valence-corrected chi connectivity index (χ2v) is 9.48. The minimum atomic E-state index is -3.33. The molecule has 0 aliphatic rings. The Kier molecular flexibility index (Phi) is 7.77. The zero-order chi connectivity index (χ0) is 20.7. The highest BCUT2D eigenvalue weighted by molar-refractivity contribution is 7.99. The van der Waals surface area contributed by atoms with Crippen molar-refractivity contribution in [3.05, 3.63) is 48.5 Å². The van der Waals surface area contributed by atoms with E-state index >= 15 is 0 Å². The van der Waals surface area contributed by atoms with Crippen LogP contribution in [0.5, 0.6) is 5.75 Å². The Morgan fingerprint density at radius 3 is 2.36 bits per heavy atom. The molecule has 8 heteroatoms. The zero-order valence-electron chi connectivity index (χ0n) is 16.5. The van der Waals surface area contributed by atoms with Crippen LogP contribution in [0, 0.1) is 0 Å². The van der Waals surface area contributed by atoms with Crippen LogP contribution in [0.15, 0.2) is 53.4 Å². The van der Waals surface area contributed by atoms with Crippen LogP contribution >= 0.6 is 11.8 Å². The highest BCUT2D eigenvalue weighted by Crippen LogP contribution is 2.27. The van der Waals surface area contributed by atoms with Crippen molar-refractivity contribution in [1.29, 1.82) is 0 Å². The number of hydrogen-bond acceptors (Lipinski definition) is 5. The van der Waals surface area contributed by atoms with E-state index in [-0.39, 0.29) is 5.91 Å². The molecule has 152 valence electrons. The fourth-order valence-corrected chi connectivity index (χ4v) is 3.74. The van der Waals surface area contributed by atoms with Gasteiger partial charge in [-0.05, 0) is 48.6 Å². The smallest absolute Gasteiger partial charge is 0.265 e. The number of anilines is 2. The van der Waals surface area contributed by atoms with E-state index in [4.69, 9.17) is 4.74 Å². The molecule has 0 saturated carbocycles. The third-order valence-electron chi connectivity index (χ3n) is 4.08. The number of hydrogen-bond donors (Lipinski definition) is 1. The van der Waals surface area contributed by atoms with Crippen LogP contribution in [0.4, 0.5) is 11.4 Å². The van der Waals surface area contributed by atoms with Crippen LogP contribution in [0.3, 0.4) is 0 Å². The van der Waals surface area contributed by atoms with E-state index in [1.165, 1.54) is 11.4 Å². The van der Waals surface area contributed by atoms with Gasteiger partial charge in [0.15, 0.2) is 6.10 Å². The van der Waals surface area contributed by atoms with Gasteiger partial charge in [0.1, 0.15) is 5.75 Å². The molecule has 2 rings (SSSR count). The molecule has 28 heavy (non-hydrogen) atoms. The van der Waals surface area contributed by atoms with Gasteiger partial charge in [0.25, 0.3) is 5.91 Å². The van der Waals surface area contributed by atoms with Crippen LogP contribution in [0.1, 0.15) is 20.3 Å². The fraction of sp³-hybridized carbons (Fsp3) is 0.350. The number of sulfonamides is 1. The number of amides is 1. The molecule has 0 radical (unpaired) electrons. The molecular formula is C20H26N2O4S2. The molecule has 0 bridgehead atoms. The van der Waals surface area contributed by atoms with Gasteiger partial charge in [-0.1, -0.05) is 26.0 Å². The third-order valence-corrected chi connectivity index (χ3v) is 6.25. The summed E-state index contributed by atoms with van der Waals surface area (Å²) in [6.45, 7) is 3.94. The first-order valence-corrected chi connectivity index (χ1v) is 11.8. The number of nitrogens with one attached hydrogen (secondary N) is 1. The van der Waals surface area contributed by atoms with Crippen LogP contribution in [0.2, 0.25) is 0 Å². The largest absolute Gasteiger partial charge is 0.481 e. The van der Waals surface area contributed by atoms with E-state index in [9.17, 15) is 13.2 Å². The quantitative estimate of drug-likeness (QED) is 0.619. The van der Waals surface area contributed by atoms with E-state index in [1.54, 1.807) is 36.0 Å². The Balaban J connectivity index is 2.08. The van der Waals surface area contributed by atoms with Crippen molar-refractivity contribution in [2.75, 3.05) is 28.7 Å². The van der Waals surface area contributed by atoms with Crippen molar-refractivity contribution < 1.29 is 17.9 Å². The van der Waals surface area contributed by atoms with E-state index in [2.05, 4.69) is 12.2 Å². The van der Waals surface area contributed by atoms with Crippen LogP contribution in [-0.4, -0.2) is 39.5 Å². The molecule has 1 unspecified atom stereocenters. The van der Waals surface area contributed by atoms with Gasteiger partial charge in [-0.15, -0.1) is 11.8 Å². The summed E-state index contributed by atoms with van der Waals surface area (Å²) in [7, 11) is -1.84. The van der Waals surface area contributed by atoms with Crippen molar-refractivity contribution >= 4 is 39.1 Å². The molecule has 0 spiro atoms. The van der Waals surface area contributed by atoms with E-state index in [0.717, 1.165) is 22.6 Å². The molecule has 0 fully saturated rings. The first-order chi connectivity index (χ1) is 13.3. The normalized spacial score (nSPS) is 12.3. The maximum absolute atomic E-state index is 12.7. The number of carbonyl (C=O) groups excluding carboxylic acids is 1. The maximum atomic E-state index is 12.7. The summed E-state index contributed by atoms with van der Waals surface area (Å²) in [6, 6.07) is 14.3. The van der Waals surface area contributed by atoms with Gasteiger partial charge in [0, 0.05) is 11.9 Å². The summed E-state index contributed by atoms with van der Waals surface area (Å²) < 4.78 is 30.2. The summed E-state index contributed by atoms with van der Waals surface area (Å²) in [6.07, 6.45) is 0.988. The van der Waals surface area contributed by atoms with Gasteiger partial charge >= 0.3 is 0 Å². The number of thioether (sulfide) groups is 1. The molecule has 1 atom stereocenters. The second kappa shape index (κ2) is 9.84. The Hall–Kier alpha value is -2.19. The lowest BCUT2D eigenvalue weighted by Gasteiger charge is -2.20. The predicted molar refractivity (Wildman–Crippen MR) is 116 cm³/mol. The Morgan fingerprint density at radius 2 is 1.79 bits per heavy atom. The Morgan fingerprint density at radius 1 is 1.14 bits per heavy atom. The summed E-state index contributed by atoms with van der Waals surface area (Å²) in [4.78, 5) is 13.7. The first-order valence-electron chi connectivity index (χ1n) is 8.99. The lowest BCUT2D eigenvalue weighted by atomic mass is 10.2. The zero-order valence-corrected chi connectivity index (χ0v) is 18.1. The molecule has 0 saturated heterocycles. The second-order valence-electron chi connectivity index (χ2n) is 6.16. The van der Waals surface area contributed by atoms with Gasteiger partial charge in [-0.2, -0.15) is 0 Å². The van der Waals surface area contributed by atoms with Crippen LogP contribution in [-0.2, 0) is 14.8 Å². The third kappa shape index (κ3) is 5.90. The van der Waals surface area contributed by atoms with Gasteiger partial charge < -0.3 is 10.1 Å². The molecule has 2 aromatic rings. The van der Waals surface area contributed by atoms with E-state index in [0.29, 0.717) is 17.9 Å². The van der Waals surface area contributed by atoms with Crippen molar-refractivity contribution in [3.8, 4) is 5.75 Å². The van der Waals surface area contributed by atoms with Gasteiger partial charge in [0.05, 0.1) is 17.6 Å². The van der Waals surface area contributed by atoms with E-state index < -0.39 is 16.1 Å². The molecule has 0 aliphatic heterocycles. The van der Waals surface area contributed by atoms with Crippen molar-refractivity contribution in [3.63, 3.8) is 0 Å². The number of benzene rings is 2. The molecule has 0 aliphatic carbocycles. The van der Waals surface area contributed by atoms with Gasteiger partial charge in [-0.3, -0.25) is 9.10 Å².